The zero-order chi connectivity index (χ0) is 31.8. The number of nitrogens with zero attached hydrogens (tertiary/aromatic N) is 4. The van der Waals surface area contributed by atoms with Crippen molar-refractivity contribution in [3.63, 3.8) is 0 Å². The molecule has 13 heteroatoms. The number of hydrogen-bond donors (Lipinski definition) is 2. The molecule has 0 unspecified atom stereocenters. The van der Waals surface area contributed by atoms with Crippen LogP contribution in [0.4, 0.5) is 19.0 Å². The number of rotatable bonds is 8. The molecule has 10 nitrogen and oxygen atoms in total. The van der Waals surface area contributed by atoms with E-state index in [-0.39, 0.29) is 46.3 Å². The van der Waals surface area contributed by atoms with Gasteiger partial charge in [-0.1, -0.05) is 12.1 Å². The quantitative estimate of drug-likeness (QED) is 0.200. The highest BCUT2D eigenvalue weighted by Gasteiger charge is 2.27. The fourth-order valence-electron chi connectivity index (χ4n) is 5.63. The van der Waals surface area contributed by atoms with E-state index in [0.717, 1.165) is 0 Å². The number of nitrogens with two attached hydrogens (primary N) is 1. The number of amides is 1. The fourth-order valence-corrected chi connectivity index (χ4v) is 5.63. The molecule has 1 aliphatic heterocycles. The highest BCUT2D eigenvalue weighted by molar-refractivity contribution is 6.12. The molecule has 0 radical (unpaired) electrons. The number of aromatic nitrogens is 4. The molecular weight excluding hydrogens is 589 g/mol. The zero-order valence-electron chi connectivity index (χ0n) is 24.4. The molecule has 1 amide bonds. The standard InChI is InChI=1S/C32H29F3N6O4/c1-17-11-29(44-27-6-4-3-5-23(27)33)37-16-26(17)41-31(36)22(15-38-41)30(43)25-12-20-13-28(45-32(34)35)21(14-24(20)39-25)19-7-9-40(10-8-19)18(2)42/h3-6,11-16,19,32,39H,7-10,36H2,1-2H3. The van der Waals surface area contributed by atoms with E-state index in [1.807, 2.05) is 0 Å². The summed E-state index contributed by atoms with van der Waals surface area (Å²) in [6, 6.07) is 12.3. The number of halogens is 3. The van der Waals surface area contributed by atoms with Crippen LogP contribution in [0.2, 0.25) is 0 Å². The van der Waals surface area contributed by atoms with E-state index < -0.39 is 18.2 Å². The number of anilines is 1. The number of carbonyl (C=O) groups excluding carboxylic acids is 2. The van der Waals surface area contributed by atoms with Crippen LogP contribution in [0.1, 0.15) is 52.9 Å². The SMILES string of the molecule is CC(=O)N1CCC(c2cc3[nH]c(C(=O)c4cnn(-c5cnc(Oc6ccccc6F)cc5C)c4N)cc3cc2OC(F)F)CC1. The first-order chi connectivity index (χ1) is 21.6. The molecule has 0 spiro atoms. The molecule has 6 rings (SSSR count). The number of benzene rings is 2. The molecule has 1 saturated heterocycles. The Labute approximate surface area is 255 Å². The van der Waals surface area contributed by atoms with Gasteiger partial charge in [-0.25, -0.2) is 14.1 Å². The van der Waals surface area contributed by atoms with Gasteiger partial charge in [0.05, 0.1) is 29.3 Å². The minimum absolute atomic E-state index is 0.0275. The highest BCUT2D eigenvalue weighted by atomic mass is 19.3. The minimum Gasteiger partial charge on any atom is -0.436 e. The Bertz CT molecular complexity index is 1910. The van der Waals surface area contributed by atoms with Crippen LogP contribution in [0.5, 0.6) is 17.4 Å². The number of ketones is 1. The number of alkyl halides is 2. The maximum absolute atomic E-state index is 14.0. The summed E-state index contributed by atoms with van der Waals surface area (Å²) in [7, 11) is 0. The average molecular weight is 619 g/mol. The topological polar surface area (TPSA) is 128 Å². The van der Waals surface area contributed by atoms with Gasteiger partial charge in [0.2, 0.25) is 17.6 Å². The maximum atomic E-state index is 14.0. The first-order valence-electron chi connectivity index (χ1n) is 14.2. The molecule has 232 valence electrons. The van der Waals surface area contributed by atoms with Crippen LogP contribution < -0.4 is 15.2 Å². The maximum Gasteiger partial charge on any atom is 0.387 e. The Morgan fingerprint density at radius 3 is 2.51 bits per heavy atom. The lowest BCUT2D eigenvalue weighted by atomic mass is 9.88. The number of carbonyl (C=O) groups is 2. The van der Waals surface area contributed by atoms with Crippen molar-refractivity contribution in [2.75, 3.05) is 18.8 Å². The zero-order valence-corrected chi connectivity index (χ0v) is 24.4. The summed E-state index contributed by atoms with van der Waals surface area (Å²) in [6.45, 7) is 1.28. The lowest BCUT2D eigenvalue weighted by molar-refractivity contribution is -0.129. The van der Waals surface area contributed by atoms with E-state index in [4.69, 9.17) is 15.2 Å². The average Bonchev–Trinajstić information content (AvgIpc) is 3.60. The summed E-state index contributed by atoms with van der Waals surface area (Å²) < 4.78 is 52.5. The van der Waals surface area contributed by atoms with Gasteiger partial charge in [-0.15, -0.1) is 0 Å². The molecule has 3 aromatic heterocycles. The largest absolute Gasteiger partial charge is 0.436 e. The number of aryl methyl sites for hydroxylation is 1. The Balaban J connectivity index is 1.27. The number of hydrogen-bond acceptors (Lipinski definition) is 7. The van der Waals surface area contributed by atoms with Crippen LogP contribution in [0.25, 0.3) is 16.6 Å². The Morgan fingerprint density at radius 1 is 1.07 bits per heavy atom. The third-order valence-corrected chi connectivity index (χ3v) is 7.98. The molecule has 1 fully saturated rings. The van der Waals surface area contributed by atoms with Gasteiger partial charge in [0.25, 0.3) is 0 Å². The number of piperidine rings is 1. The number of aromatic amines is 1. The summed E-state index contributed by atoms with van der Waals surface area (Å²) in [5.41, 5.74) is 8.98. The van der Waals surface area contributed by atoms with Gasteiger partial charge in [-0.2, -0.15) is 13.9 Å². The number of nitrogen functional groups attached to an aromatic ring is 1. The molecule has 4 heterocycles. The van der Waals surface area contributed by atoms with E-state index in [2.05, 4.69) is 15.1 Å². The van der Waals surface area contributed by atoms with Gasteiger partial charge in [0.1, 0.15) is 11.6 Å². The summed E-state index contributed by atoms with van der Waals surface area (Å²) in [5, 5.41) is 4.81. The molecule has 0 aliphatic carbocycles. The first kappa shape index (κ1) is 29.7. The van der Waals surface area contributed by atoms with Gasteiger partial charge in [0.15, 0.2) is 11.6 Å². The Hall–Kier alpha value is -5.33. The predicted octanol–water partition coefficient (Wildman–Crippen LogP) is 6.13. The second-order valence-corrected chi connectivity index (χ2v) is 10.8. The van der Waals surface area contributed by atoms with Gasteiger partial charge < -0.3 is 25.1 Å². The predicted molar refractivity (Wildman–Crippen MR) is 160 cm³/mol. The van der Waals surface area contributed by atoms with Crippen molar-refractivity contribution < 1.29 is 32.2 Å². The number of fused-ring (bicyclic) bond motifs is 1. The molecule has 1 aliphatic rings. The van der Waals surface area contributed by atoms with E-state index >= 15 is 0 Å². The van der Waals surface area contributed by atoms with Gasteiger partial charge in [-0.3, -0.25) is 9.59 Å². The molecule has 45 heavy (non-hydrogen) atoms. The van der Waals surface area contributed by atoms with Crippen LogP contribution in [-0.2, 0) is 4.79 Å². The van der Waals surface area contributed by atoms with Crippen molar-refractivity contribution >= 4 is 28.4 Å². The number of likely N-dealkylation sites (tertiary alicyclic amines) is 1. The second-order valence-electron chi connectivity index (χ2n) is 10.8. The van der Waals surface area contributed by atoms with E-state index in [1.165, 1.54) is 42.2 Å². The van der Waals surface area contributed by atoms with Gasteiger partial charge in [0, 0.05) is 37.0 Å². The summed E-state index contributed by atoms with van der Waals surface area (Å²) >= 11 is 0. The Kier molecular flexibility index (Phi) is 7.92. The van der Waals surface area contributed by atoms with Crippen molar-refractivity contribution in [1.82, 2.24) is 24.6 Å². The second kappa shape index (κ2) is 12.0. The third kappa shape index (κ3) is 5.93. The van der Waals surface area contributed by atoms with Gasteiger partial charge >= 0.3 is 6.61 Å². The van der Waals surface area contributed by atoms with Crippen LogP contribution in [0.3, 0.4) is 0 Å². The van der Waals surface area contributed by atoms with E-state index in [9.17, 15) is 22.8 Å². The number of H-pyrrole nitrogens is 1. The monoisotopic (exact) mass is 618 g/mol. The van der Waals surface area contributed by atoms with Crippen LogP contribution in [0, 0.1) is 12.7 Å². The van der Waals surface area contributed by atoms with Crippen LogP contribution >= 0.6 is 0 Å². The summed E-state index contributed by atoms with van der Waals surface area (Å²) in [4.78, 5) is 34.4. The lowest BCUT2D eigenvalue weighted by Crippen LogP contribution is -2.36. The lowest BCUT2D eigenvalue weighted by Gasteiger charge is -2.32. The van der Waals surface area contributed by atoms with Crippen molar-refractivity contribution in [3.8, 4) is 23.1 Å². The Morgan fingerprint density at radius 2 is 1.82 bits per heavy atom. The molecule has 5 aromatic rings. The summed E-state index contributed by atoms with van der Waals surface area (Å²) in [5.74, 6) is -0.814. The van der Waals surface area contributed by atoms with E-state index in [1.54, 1.807) is 42.2 Å². The van der Waals surface area contributed by atoms with Crippen molar-refractivity contribution in [3.05, 3.63) is 89.1 Å². The smallest absolute Gasteiger partial charge is 0.387 e. The number of para-hydroxylation sites is 1. The molecular formula is C32H29F3N6O4. The number of nitrogens with one attached hydrogen (secondary N) is 1. The van der Waals surface area contributed by atoms with E-state index in [0.29, 0.717) is 53.6 Å². The first-order valence-corrected chi connectivity index (χ1v) is 14.2. The minimum atomic E-state index is -3.03. The molecule has 0 saturated carbocycles. The third-order valence-electron chi connectivity index (χ3n) is 7.98. The molecule has 3 N–H and O–H groups in total. The fraction of sp³-hybridized carbons (Fsp3) is 0.250. The van der Waals surface area contributed by atoms with Crippen molar-refractivity contribution in [2.45, 2.75) is 39.2 Å². The van der Waals surface area contributed by atoms with Crippen molar-refractivity contribution in [1.29, 1.82) is 0 Å². The van der Waals surface area contributed by atoms with Crippen LogP contribution in [-0.4, -0.2) is 56.0 Å². The highest BCUT2D eigenvalue weighted by Crippen LogP contribution is 2.38. The molecule has 0 bridgehead atoms. The van der Waals surface area contributed by atoms with Gasteiger partial charge in [-0.05, 0) is 67.1 Å². The summed E-state index contributed by atoms with van der Waals surface area (Å²) in [6.07, 6.45) is 3.99. The molecule has 0 atom stereocenters. The normalized spacial score (nSPS) is 13.9. The molecule has 2 aromatic carbocycles. The van der Waals surface area contributed by atoms with Crippen LogP contribution in [0.15, 0.2) is 60.9 Å². The van der Waals surface area contributed by atoms with Crippen molar-refractivity contribution in [2.24, 2.45) is 0 Å². The number of ether oxygens (including phenoxy) is 2. The number of pyridine rings is 1.